The van der Waals surface area contributed by atoms with Gasteiger partial charge in [-0.2, -0.15) is 0 Å². The Kier molecular flexibility index (Phi) is 4.90. The van der Waals surface area contributed by atoms with Gasteiger partial charge in [0.25, 0.3) is 0 Å². The van der Waals surface area contributed by atoms with Crippen LogP contribution in [-0.4, -0.2) is 29.6 Å². The van der Waals surface area contributed by atoms with Gasteiger partial charge in [0, 0.05) is 32.5 Å². The lowest BCUT2D eigenvalue weighted by Gasteiger charge is -2.38. The van der Waals surface area contributed by atoms with Gasteiger partial charge < -0.3 is 9.15 Å². The van der Waals surface area contributed by atoms with Crippen LogP contribution in [0.5, 0.6) is 0 Å². The first-order chi connectivity index (χ1) is 10.7. The summed E-state index contributed by atoms with van der Waals surface area (Å²) in [6, 6.07) is 10.1. The van der Waals surface area contributed by atoms with Crippen molar-refractivity contribution in [3.05, 3.63) is 54.2 Å². The summed E-state index contributed by atoms with van der Waals surface area (Å²) in [5.74, 6) is 1.01. The van der Waals surface area contributed by atoms with Gasteiger partial charge in [-0.3, -0.25) is 9.88 Å². The van der Waals surface area contributed by atoms with E-state index in [0.717, 1.165) is 57.1 Å². The molecule has 0 spiro atoms. The lowest BCUT2D eigenvalue weighted by atomic mass is 9.82. The Morgan fingerprint density at radius 3 is 2.68 bits per heavy atom. The highest BCUT2D eigenvalue weighted by Crippen LogP contribution is 2.31. The molecule has 0 unspecified atom stereocenters. The van der Waals surface area contributed by atoms with Crippen molar-refractivity contribution in [2.75, 3.05) is 19.8 Å². The third-order valence-electron chi connectivity index (χ3n) is 4.38. The van der Waals surface area contributed by atoms with Crippen LogP contribution in [0.25, 0.3) is 0 Å². The number of hydrogen-bond acceptors (Lipinski definition) is 4. The SMILES string of the molecule is CC1(CN(Cc2ccccn2)Cc2ccco2)CCOCC1. The number of furan rings is 1. The second-order valence-corrected chi connectivity index (χ2v) is 6.47. The third kappa shape index (κ3) is 4.18. The van der Waals surface area contributed by atoms with Gasteiger partial charge in [0.2, 0.25) is 0 Å². The van der Waals surface area contributed by atoms with E-state index in [-0.39, 0.29) is 0 Å². The van der Waals surface area contributed by atoms with Crippen LogP contribution >= 0.6 is 0 Å². The van der Waals surface area contributed by atoms with Gasteiger partial charge >= 0.3 is 0 Å². The van der Waals surface area contributed by atoms with Crippen molar-refractivity contribution >= 4 is 0 Å². The predicted molar refractivity (Wildman–Crippen MR) is 85.2 cm³/mol. The molecule has 0 atom stereocenters. The van der Waals surface area contributed by atoms with E-state index in [1.165, 1.54) is 0 Å². The molecule has 0 saturated carbocycles. The van der Waals surface area contributed by atoms with Crippen molar-refractivity contribution in [2.45, 2.75) is 32.9 Å². The normalized spacial score (nSPS) is 17.7. The van der Waals surface area contributed by atoms with Gasteiger partial charge in [-0.25, -0.2) is 0 Å². The quantitative estimate of drug-likeness (QED) is 0.818. The summed E-state index contributed by atoms with van der Waals surface area (Å²) in [7, 11) is 0. The molecule has 0 aliphatic carbocycles. The molecule has 0 bridgehead atoms. The number of nitrogens with zero attached hydrogens (tertiary/aromatic N) is 2. The molecule has 0 amide bonds. The number of pyridine rings is 1. The monoisotopic (exact) mass is 300 g/mol. The van der Waals surface area contributed by atoms with Crippen molar-refractivity contribution in [1.82, 2.24) is 9.88 Å². The number of hydrogen-bond donors (Lipinski definition) is 0. The Bertz CT molecular complexity index is 548. The van der Waals surface area contributed by atoms with Crippen LogP contribution in [0.2, 0.25) is 0 Å². The van der Waals surface area contributed by atoms with Gasteiger partial charge in [0.15, 0.2) is 0 Å². The fourth-order valence-electron chi connectivity index (χ4n) is 3.07. The van der Waals surface area contributed by atoms with Gasteiger partial charge in [-0.05, 0) is 42.5 Å². The number of aromatic nitrogens is 1. The average Bonchev–Trinajstić information content (AvgIpc) is 3.01. The zero-order chi connectivity index (χ0) is 15.3. The Hall–Kier alpha value is -1.65. The first-order valence-corrected chi connectivity index (χ1v) is 7.96. The number of ether oxygens (including phenoxy) is 1. The molecule has 4 nitrogen and oxygen atoms in total. The van der Waals surface area contributed by atoms with E-state index >= 15 is 0 Å². The summed E-state index contributed by atoms with van der Waals surface area (Å²) in [6.45, 7) is 6.80. The van der Waals surface area contributed by atoms with E-state index < -0.39 is 0 Å². The molecule has 2 aromatic rings. The highest BCUT2D eigenvalue weighted by molar-refractivity contribution is 5.05. The maximum Gasteiger partial charge on any atom is 0.117 e. The van der Waals surface area contributed by atoms with Gasteiger partial charge in [-0.15, -0.1) is 0 Å². The molecule has 2 aromatic heterocycles. The Labute approximate surface area is 132 Å². The summed E-state index contributed by atoms with van der Waals surface area (Å²) >= 11 is 0. The largest absolute Gasteiger partial charge is 0.468 e. The first-order valence-electron chi connectivity index (χ1n) is 7.96. The van der Waals surface area contributed by atoms with Crippen molar-refractivity contribution in [3.8, 4) is 0 Å². The predicted octanol–water partition coefficient (Wildman–Crippen LogP) is 3.49. The van der Waals surface area contributed by atoms with Gasteiger partial charge in [0.05, 0.1) is 18.5 Å². The summed E-state index contributed by atoms with van der Waals surface area (Å²) in [5, 5.41) is 0. The minimum atomic E-state index is 0.305. The molecular formula is C18H24N2O2. The van der Waals surface area contributed by atoms with E-state index in [1.807, 2.05) is 30.5 Å². The third-order valence-corrected chi connectivity index (χ3v) is 4.38. The number of rotatable bonds is 6. The highest BCUT2D eigenvalue weighted by atomic mass is 16.5. The molecule has 1 aliphatic rings. The van der Waals surface area contributed by atoms with Gasteiger partial charge in [-0.1, -0.05) is 13.0 Å². The van der Waals surface area contributed by atoms with Crippen molar-refractivity contribution in [1.29, 1.82) is 0 Å². The average molecular weight is 300 g/mol. The Morgan fingerprint density at radius 2 is 2.00 bits per heavy atom. The minimum absolute atomic E-state index is 0.305. The van der Waals surface area contributed by atoms with Gasteiger partial charge in [0.1, 0.15) is 5.76 Å². The second-order valence-electron chi connectivity index (χ2n) is 6.47. The van der Waals surface area contributed by atoms with Crippen LogP contribution in [0.4, 0.5) is 0 Å². The molecule has 0 aromatic carbocycles. The van der Waals surface area contributed by atoms with Crippen molar-refractivity contribution in [2.24, 2.45) is 5.41 Å². The highest BCUT2D eigenvalue weighted by Gasteiger charge is 2.30. The molecule has 4 heteroatoms. The zero-order valence-electron chi connectivity index (χ0n) is 13.2. The van der Waals surface area contributed by atoms with Crippen LogP contribution in [-0.2, 0) is 17.8 Å². The van der Waals surface area contributed by atoms with Crippen LogP contribution in [0.15, 0.2) is 47.2 Å². The molecule has 1 aliphatic heterocycles. The lowest BCUT2D eigenvalue weighted by molar-refractivity contribution is 0.00101. The van der Waals surface area contributed by atoms with E-state index in [1.54, 1.807) is 6.26 Å². The summed E-state index contributed by atoms with van der Waals surface area (Å²) in [5.41, 5.74) is 1.41. The smallest absolute Gasteiger partial charge is 0.117 e. The maximum absolute atomic E-state index is 5.54. The Balaban J connectivity index is 1.70. The maximum atomic E-state index is 5.54. The minimum Gasteiger partial charge on any atom is -0.468 e. The Morgan fingerprint density at radius 1 is 1.14 bits per heavy atom. The van der Waals surface area contributed by atoms with Crippen LogP contribution in [0.1, 0.15) is 31.2 Å². The molecule has 3 heterocycles. The molecule has 1 fully saturated rings. The molecular weight excluding hydrogens is 276 g/mol. The standard InChI is InChI=1S/C18H24N2O2/c1-18(7-11-21-12-8-18)15-20(14-17-6-4-10-22-17)13-16-5-2-3-9-19-16/h2-6,9-10H,7-8,11-15H2,1H3. The molecule has 22 heavy (non-hydrogen) atoms. The van der Waals surface area contributed by atoms with Crippen molar-refractivity contribution in [3.63, 3.8) is 0 Å². The molecule has 118 valence electrons. The van der Waals surface area contributed by atoms with E-state index in [4.69, 9.17) is 9.15 Å². The second kappa shape index (κ2) is 7.07. The lowest BCUT2D eigenvalue weighted by Crippen LogP contribution is -2.39. The molecule has 0 radical (unpaired) electrons. The molecule has 3 rings (SSSR count). The van der Waals surface area contributed by atoms with E-state index in [0.29, 0.717) is 5.41 Å². The van der Waals surface area contributed by atoms with E-state index in [9.17, 15) is 0 Å². The van der Waals surface area contributed by atoms with Crippen LogP contribution in [0.3, 0.4) is 0 Å². The fraction of sp³-hybridized carbons (Fsp3) is 0.500. The summed E-state index contributed by atoms with van der Waals surface area (Å²) in [4.78, 5) is 6.90. The molecule has 1 saturated heterocycles. The van der Waals surface area contributed by atoms with Crippen LogP contribution in [0, 0.1) is 5.41 Å². The zero-order valence-corrected chi connectivity index (χ0v) is 13.2. The van der Waals surface area contributed by atoms with E-state index in [2.05, 4.69) is 22.9 Å². The first kappa shape index (κ1) is 15.3. The summed E-state index contributed by atoms with van der Waals surface area (Å²) < 4.78 is 11.1. The van der Waals surface area contributed by atoms with Crippen molar-refractivity contribution < 1.29 is 9.15 Å². The topological polar surface area (TPSA) is 38.5 Å². The van der Waals surface area contributed by atoms with Crippen LogP contribution < -0.4 is 0 Å². The molecule has 0 N–H and O–H groups in total. The summed E-state index contributed by atoms with van der Waals surface area (Å²) in [6.07, 6.45) is 5.83. The fourth-order valence-corrected chi connectivity index (χ4v) is 3.07.